The summed E-state index contributed by atoms with van der Waals surface area (Å²) in [6, 6.07) is 0. The Labute approximate surface area is 112 Å². The smallest absolute Gasteiger partial charge is 0.307 e. The van der Waals surface area contributed by atoms with Crippen molar-refractivity contribution in [2.45, 2.75) is 39.0 Å². The zero-order valence-electron chi connectivity index (χ0n) is 11.3. The molecule has 2 amide bonds. The number of carbonyl (C=O) groups excluding carboxylic acids is 2. The molecule has 6 heteroatoms. The Morgan fingerprint density at radius 2 is 1.74 bits per heavy atom. The van der Waals surface area contributed by atoms with E-state index in [0.29, 0.717) is 19.4 Å². The highest BCUT2D eigenvalue weighted by Gasteiger charge is 2.35. The van der Waals surface area contributed by atoms with Gasteiger partial charge in [-0.05, 0) is 19.3 Å². The van der Waals surface area contributed by atoms with Gasteiger partial charge in [-0.25, -0.2) is 0 Å². The molecule has 0 aromatic carbocycles. The summed E-state index contributed by atoms with van der Waals surface area (Å²) in [6.07, 6.45) is 3.67. The molecule has 0 aromatic rings. The lowest BCUT2D eigenvalue weighted by Gasteiger charge is -2.27. The molecule has 0 unspecified atom stereocenters. The Morgan fingerprint density at radius 3 is 2.32 bits per heavy atom. The topological polar surface area (TPSA) is 95.5 Å². The molecule has 1 rings (SSSR count). The quantitative estimate of drug-likeness (QED) is 0.655. The fourth-order valence-corrected chi connectivity index (χ4v) is 2.37. The van der Waals surface area contributed by atoms with E-state index < -0.39 is 17.8 Å². The lowest BCUT2D eigenvalue weighted by molar-refractivity contribution is -0.149. The van der Waals surface area contributed by atoms with E-state index in [0.717, 1.165) is 19.3 Å². The Morgan fingerprint density at radius 1 is 1.11 bits per heavy atom. The van der Waals surface area contributed by atoms with Gasteiger partial charge in [-0.15, -0.1) is 0 Å². The third-order valence-electron chi connectivity index (χ3n) is 3.42. The lowest BCUT2D eigenvalue weighted by Crippen LogP contribution is -2.43. The minimum atomic E-state index is -0.921. The highest BCUT2D eigenvalue weighted by molar-refractivity contribution is 5.88. The summed E-state index contributed by atoms with van der Waals surface area (Å²) in [7, 11) is 0. The average Bonchev–Trinajstić information content (AvgIpc) is 2.42. The molecule has 108 valence electrons. The molecule has 19 heavy (non-hydrogen) atoms. The maximum Gasteiger partial charge on any atom is 0.307 e. The minimum absolute atomic E-state index is 0.0817. The van der Waals surface area contributed by atoms with E-state index in [1.165, 1.54) is 0 Å². The fourth-order valence-electron chi connectivity index (χ4n) is 2.37. The average molecular weight is 270 g/mol. The summed E-state index contributed by atoms with van der Waals surface area (Å²) >= 11 is 0. The van der Waals surface area contributed by atoms with Crippen LogP contribution in [0.25, 0.3) is 0 Å². The summed E-state index contributed by atoms with van der Waals surface area (Å²) in [4.78, 5) is 34.4. The first-order chi connectivity index (χ1) is 9.06. The number of carboxylic acid groups (broad SMARTS) is 1. The molecule has 0 saturated heterocycles. The van der Waals surface area contributed by atoms with E-state index in [1.807, 2.05) is 6.92 Å². The van der Waals surface area contributed by atoms with Crippen LogP contribution in [0.2, 0.25) is 0 Å². The van der Waals surface area contributed by atoms with Crippen molar-refractivity contribution in [2.75, 3.05) is 13.1 Å². The van der Waals surface area contributed by atoms with Crippen LogP contribution in [0, 0.1) is 11.8 Å². The van der Waals surface area contributed by atoms with Crippen LogP contribution in [0.1, 0.15) is 39.0 Å². The second-order valence-corrected chi connectivity index (χ2v) is 4.90. The van der Waals surface area contributed by atoms with E-state index in [9.17, 15) is 14.4 Å². The summed E-state index contributed by atoms with van der Waals surface area (Å²) in [5.41, 5.74) is 0. The Hall–Kier alpha value is -1.59. The zero-order valence-corrected chi connectivity index (χ0v) is 11.3. The molecular weight excluding hydrogens is 248 g/mol. The summed E-state index contributed by atoms with van der Waals surface area (Å²) in [6.45, 7) is 2.44. The van der Waals surface area contributed by atoms with Crippen molar-refractivity contribution in [1.29, 1.82) is 0 Å². The number of nitrogens with one attached hydrogen (secondary N) is 2. The van der Waals surface area contributed by atoms with E-state index in [-0.39, 0.29) is 18.4 Å². The number of carbonyl (C=O) groups is 3. The van der Waals surface area contributed by atoms with Crippen LogP contribution >= 0.6 is 0 Å². The zero-order chi connectivity index (χ0) is 14.3. The van der Waals surface area contributed by atoms with Gasteiger partial charge in [0.15, 0.2) is 0 Å². The van der Waals surface area contributed by atoms with E-state index in [1.54, 1.807) is 0 Å². The van der Waals surface area contributed by atoms with Crippen molar-refractivity contribution in [1.82, 2.24) is 10.6 Å². The Kier molecular flexibility index (Phi) is 6.32. The fraction of sp³-hybridized carbons (Fsp3) is 0.769. The second kappa shape index (κ2) is 7.76. The Bertz CT molecular complexity index is 344. The molecule has 6 nitrogen and oxygen atoms in total. The first-order valence-corrected chi connectivity index (χ1v) is 6.83. The number of rotatable bonds is 6. The van der Waals surface area contributed by atoms with Crippen LogP contribution in [0.4, 0.5) is 0 Å². The molecule has 0 spiro atoms. The highest BCUT2D eigenvalue weighted by atomic mass is 16.4. The molecule has 0 heterocycles. The standard InChI is InChI=1S/C13H22N2O4/c1-2-7-14-11(16)8-15-12(17)9-5-3-4-6-10(9)13(18)19/h9-10H,2-8H2,1H3,(H,14,16)(H,15,17)(H,18,19)/t9-,10+/m1/s1. The van der Waals surface area contributed by atoms with Gasteiger partial charge in [0.1, 0.15) is 0 Å². The highest BCUT2D eigenvalue weighted by Crippen LogP contribution is 2.30. The largest absolute Gasteiger partial charge is 0.481 e. The van der Waals surface area contributed by atoms with Crippen molar-refractivity contribution in [3.63, 3.8) is 0 Å². The van der Waals surface area contributed by atoms with Crippen molar-refractivity contribution < 1.29 is 19.5 Å². The SMILES string of the molecule is CCCNC(=O)CNC(=O)[C@@H]1CCCC[C@@H]1C(=O)O. The van der Waals surface area contributed by atoms with Gasteiger partial charge in [-0.1, -0.05) is 19.8 Å². The van der Waals surface area contributed by atoms with Gasteiger partial charge in [-0.2, -0.15) is 0 Å². The predicted octanol–water partition coefficient (Wildman–Crippen LogP) is 0.520. The number of amides is 2. The molecule has 2 atom stereocenters. The molecule has 1 fully saturated rings. The van der Waals surface area contributed by atoms with E-state index in [2.05, 4.69) is 10.6 Å². The molecule has 1 saturated carbocycles. The summed E-state index contributed by atoms with van der Waals surface area (Å²) in [5, 5.41) is 14.3. The summed E-state index contributed by atoms with van der Waals surface area (Å²) < 4.78 is 0. The predicted molar refractivity (Wildman–Crippen MR) is 69.4 cm³/mol. The number of hydrogen-bond donors (Lipinski definition) is 3. The van der Waals surface area contributed by atoms with E-state index in [4.69, 9.17) is 5.11 Å². The van der Waals surface area contributed by atoms with E-state index >= 15 is 0 Å². The first kappa shape index (κ1) is 15.5. The van der Waals surface area contributed by atoms with Crippen LogP contribution in [0.15, 0.2) is 0 Å². The van der Waals surface area contributed by atoms with Crippen molar-refractivity contribution in [3.05, 3.63) is 0 Å². The third kappa shape index (κ3) is 4.89. The number of hydrogen-bond acceptors (Lipinski definition) is 3. The maximum atomic E-state index is 11.9. The second-order valence-electron chi connectivity index (χ2n) is 4.90. The first-order valence-electron chi connectivity index (χ1n) is 6.83. The Balaban J connectivity index is 2.42. The third-order valence-corrected chi connectivity index (χ3v) is 3.42. The number of aliphatic carboxylic acids is 1. The van der Waals surface area contributed by atoms with Crippen molar-refractivity contribution in [3.8, 4) is 0 Å². The molecular formula is C13H22N2O4. The van der Waals surface area contributed by atoms with Gasteiger partial charge < -0.3 is 15.7 Å². The summed E-state index contributed by atoms with van der Waals surface area (Å²) in [5.74, 6) is -2.61. The molecule has 1 aliphatic carbocycles. The van der Waals surface area contributed by atoms with Crippen LogP contribution < -0.4 is 10.6 Å². The molecule has 0 aromatic heterocycles. The van der Waals surface area contributed by atoms with Crippen molar-refractivity contribution in [2.24, 2.45) is 11.8 Å². The van der Waals surface area contributed by atoms with Gasteiger partial charge in [0.2, 0.25) is 11.8 Å². The number of carboxylic acids is 1. The van der Waals surface area contributed by atoms with Crippen LogP contribution in [-0.4, -0.2) is 36.0 Å². The minimum Gasteiger partial charge on any atom is -0.481 e. The molecule has 0 aliphatic heterocycles. The normalized spacial score (nSPS) is 22.6. The monoisotopic (exact) mass is 270 g/mol. The van der Waals surface area contributed by atoms with Crippen LogP contribution in [0.3, 0.4) is 0 Å². The molecule has 0 bridgehead atoms. The van der Waals surface area contributed by atoms with Crippen LogP contribution in [0.5, 0.6) is 0 Å². The lowest BCUT2D eigenvalue weighted by atomic mass is 9.79. The van der Waals surface area contributed by atoms with Gasteiger partial charge >= 0.3 is 5.97 Å². The van der Waals surface area contributed by atoms with Crippen molar-refractivity contribution >= 4 is 17.8 Å². The van der Waals surface area contributed by atoms with Gasteiger partial charge in [0.25, 0.3) is 0 Å². The molecule has 3 N–H and O–H groups in total. The van der Waals surface area contributed by atoms with Gasteiger partial charge in [-0.3, -0.25) is 14.4 Å². The molecule has 0 radical (unpaired) electrons. The maximum absolute atomic E-state index is 11.9. The van der Waals surface area contributed by atoms with Crippen LogP contribution in [-0.2, 0) is 14.4 Å². The molecule has 1 aliphatic rings. The van der Waals surface area contributed by atoms with Gasteiger partial charge in [0.05, 0.1) is 18.4 Å². The van der Waals surface area contributed by atoms with Gasteiger partial charge in [0, 0.05) is 6.54 Å².